The summed E-state index contributed by atoms with van der Waals surface area (Å²) in [6.45, 7) is 6.49. The van der Waals surface area contributed by atoms with Gasteiger partial charge in [-0.15, -0.1) is 0 Å². The summed E-state index contributed by atoms with van der Waals surface area (Å²) in [6.07, 6.45) is 56.7. The highest BCUT2D eigenvalue weighted by atomic mass is 16.5. The molecular formula is C55H105NO5. The summed E-state index contributed by atoms with van der Waals surface area (Å²) in [5, 5.41) is 23.8. The fourth-order valence-corrected chi connectivity index (χ4v) is 8.36. The number of aliphatic hydroxyl groups is 2. The zero-order valence-electron chi connectivity index (χ0n) is 41.1. The number of aliphatic hydroxyl groups excluding tert-OH is 2. The van der Waals surface area contributed by atoms with Crippen LogP contribution in [0.2, 0.25) is 0 Å². The van der Waals surface area contributed by atoms with Crippen molar-refractivity contribution in [3.63, 3.8) is 0 Å². The Labute approximate surface area is 380 Å². The average Bonchev–Trinajstić information content (AvgIpc) is 3.25. The summed E-state index contributed by atoms with van der Waals surface area (Å²) in [6, 6.07) is -0.705. The Hall–Kier alpha value is -1.66. The number of ether oxygens (including phenoxy) is 1. The number of carbonyl (C=O) groups is 2. The number of nitrogens with one attached hydrogen (secondary N) is 1. The Morgan fingerprint density at radius 2 is 0.787 bits per heavy atom. The first-order chi connectivity index (χ1) is 30.0. The first kappa shape index (κ1) is 59.3. The molecule has 0 fully saturated rings. The normalized spacial score (nSPS) is 13.3. The van der Waals surface area contributed by atoms with Crippen molar-refractivity contribution in [1.29, 1.82) is 0 Å². The van der Waals surface area contributed by atoms with Crippen molar-refractivity contribution in [3.8, 4) is 0 Å². The van der Waals surface area contributed by atoms with Gasteiger partial charge in [0.2, 0.25) is 5.91 Å². The summed E-state index contributed by atoms with van der Waals surface area (Å²) in [7, 11) is 0. The Morgan fingerprint density at radius 3 is 1.18 bits per heavy atom. The monoisotopic (exact) mass is 860 g/mol. The molecule has 0 aliphatic carbocycles. The van der Waals surface area contributed by atoms with Crippen LogP contribution in [0.25, 0.3) is 0 Å². The minimum Gasteiger partial charge on any atom is -0.462 e. The molecule has 0 saturated heterocycles. The van der Waals surface area contributed by atoms with E-state index < -0.39 is 18.2 Å². The molecule has 0 saturated carbocycles. The van der Waals surface area contributed by atoms with E-state index in [1.165, 1.54) is 180 Å². The third-order valence-corrected chi connectivity index (χ3v) is 12.5. The molecule has 0 aromatic rings. The first-order valence-corrected chi connectivity index (χ1v) is 27.1. The van der Waals surface area contributed by atoms with Crippen LogP contribution in [0, 0.1) is 0 Å². The van der Waals surface area contributed by atoms with Gasteiger partial charge in [-0.2, -0.15) is 0 Å². The molecular weight excluding hydrogens is 755 g/mol. The van der Waals surface area contributed by atoms with Crippen molar-refractivity contribution in [2.24, 2.45) is 0 Å². The predicted octanol–water partition coefficient (Wildman–Crippen LogP) is 16.3. The van der Waals surface area contributed by atoms with Crippen LogP contribution < -0.4 is 5.32 Å². The van der Waals surface area contributed by atoms with Crippen LogP contribution in [0.5, 0.6) is 0 Å². The standard InChI is InChI=1S/C55H105NO5/c1-4-7-10-13-16-19-22-25-26-27-30-31-34-37-40-43-46-51(61-55(60)48-45-42-39-36-33-29-24-21-18-15-12-9-6-3)49-54(59)56-52(50-57)53(58)47-44-41-38-35-32-28-23-20-17-14-11-8-5-2/h29-31,33,51-53,57-58H,4-28,32,34-50H2,1-3H3,(H,56,59)/b31-30+,33-29-. The summed E-state index contributed by atoms with van der Waals surface area (Å²) in [5.41, 5.74) is 0. The Kier molecular flexibility index (Phi) is 48.0. The smallest absolute Gasteiger partial charge is 0.306 e. The lowest BCUT2D eigenvalue weighted by atomic mass is 10.0. The van der Waals surface area contributed by atoms with Crippen molar-refractivity contribution < 1.29 is 24.5 Å². The van der Waals surface area contributed by atoms with E-state index in [9.17, 15) is 19.8 Å². The van der Waals surface area contributed by atoms with Crippen molar-refractivity contribution in [2.45, 2.75) is 309 Å². The van der Waals surface area contributed by atoms with Crippen LogP contribution in [0.1, 0.15) is 290 Å². The molecule has 0 bridgehead atoms. The summed E-state index contributed by atoms with van der Waals surface area (Å²) >= 11 is 0. The average molecular weight is 860 g/mol. The molecule has 0 aromatic carbocycles. The number of esters is 1. The van der Waals surface area contributed by atoms with Crippen LogP contribution in [0.4, 0.5) is 0 Å². The van der Waals surface area contributed by atoms with Gasteiger partial charge in [-0.25, -0.2) is 0 Å². The summed E-state index contributed by atoms with van der Waals surface area (Å²) in [4.78, 5) is 26.2. The van der Waals surface area contributed by atoms with Gasteiger partial charge in [0.15, 0.2) is 0 Å². The largest absolute Gasteiger partial charge is 0.462 e. The lowest BCUT2D eigenvalue weighted by Crippen LogP contribution is -2.46. The molecule has 0 aromatic heterocycles. The maximum Gasteiger partial charge on any atom is 0.306 e. The van der Waals surface area contributed by atoms with Gasteiger partial charge in [-0.3, -0.25) is 9.59 Å². The molecule has 0 spiro atoms. The second-order valence-electron chi connectivity index (χ2n) is 18.6. The molecule has 0 radical (unpaired) electrons. The molecule has 0 heterocycles. The molecule has 0 aliphatic rings. The van der Waals surface area contributed by atoms with E-state index in [1.807, 2.05) is 0 Å². The number of amides is 1. The van der Waals surface area contributed by atoms with Crippen molar-refractivity contribution in [2.75, 3.05) is 6.61 Å². The van der Waals surface area contributed by atoms with Crippen molar-refractivity contribution in [3.05, 3.63) is 24.3 Å². The Balaban J connectivity index is 4.59. The van der Waals surface area contributed by atoms with Gasteiger partial charge >= 0.3 is 5.97 Å². The van der Waals surface area contributed by atoms with E-state index in [2.05, 4.69) is 50.4 Å². The van der Waals surface area contributed by atoms with Crippen molar-refractivity contribution >= 4 is 11.9 Å². The number of hydrogen-bond donors (Lipinski definition) is 3. The lowest BCUT2D eigenvalue weighted by Gasteiger charge is -2.24. The molecule has 6 nitrogen and oxygen atoms in total. The van der Waals surface area contributed by atoms with Crippen molar-refractivity contribution in [1.82, 2.24) is 5.32 Å². The van der Waals surface area contributed by atoms with Gasteiger partial charge in [-0.05, 0) is 77.0 Å². The van der Waals surface area contributed by atoms with Gasteiger partial charge < -0.3 is 20.3 Å². The van der Waals surface area contributed by atoms with Crippen LogP contribution in [0.3, 0.4) is 0 Å². The number of unbranched alkanes of at least 4 members (excludes halogenated alkanes) is 33. The fourth-order valence-electron chi connectivity index (χ4n) is 8.36. The quantitative estimate of drug-likeness (QED) is 0.0322. The number of carbonyl (C=O) groups excluding carboxylic acids is 2. The molecule has 3 N–H and O–H groups in total. The Bertz CT molecular complexity index is 966. The van der Waals surface area contributed by atoms with E-state index in [4.69, 9.17) is 4.74 Å². The SMILES string of the molecule is CCCCCCCC/C=C\CCCCCC(=O)OC(CCCCC/C=C/CCCCCCCCCCC)CC(=O)NC(CO)C(O)CCCCCCCCCCCCCCC. The molecule has 3 unspecified atom stereocenters. The number of hydrogen-bond acceptors (Lipinski definition) is 5. The van der Waals surface area contributed by atoms with Gasteiger partial charge in [0.1, 0.15) is 6.10 Å². The van der Waals surface area contributed by atoms with Crippen LogP contribution >= 0.6 is 0 Å². The van der Waals surface area contributed by atoms with E-state index in [0.717, 1.165) is 64.2 Å². The highest BCUT2D eigenvalue weighted by molar-refractivity contribution is 5.77. The van der Waals surface area contributed by atoms with Gasteiger partial charge in [0.25, 0.3) is 0 Å². The molecule has 61 heavy (non-hydrogen) atoms. The van der Waals surface area contributed by atoms with E-state index >= 15 is 0 Å². The molecule has 0 aliphatic heterocycles. The number of allylic oxidation sites excluding steroid dienone is 4. The summed E-state index contributed by atoms with van der Waals surface area (Å²) < 4.78 is 5.93. The van der Waals surface area contributed by atoms with Crippen LogP contribution in [-0.4, -0.2) is 46.9 Å². The lowest BCUT2D eigenvalue weighted by molar-refractivity contribution is -0.151. The molecule has 3 atom stereocenters. The Morgan fingerprint density at radius 1 is 0.459 bits per heavy atom. The second-order valence-corrected chi connectivity index (χ2v) is 18.6. The van der Waals surface area contributed by atoms with Gasteiger partial charge in [-0.1, -0.05) is 225 Å². The molecule has 1 amide bonds. The highest BCUT2D eigenvalue weighted by Gasteiger charge is 2.24. The topological polar surface area (TPSA) is 95.9 Å². The van der Waals surface area contributed by atoms with Crippen LogP contribution in [0.15, 0.2) is 24.3 Å². The third kappa shape index (κ3) is 44.7. The first-order valence-electron chi connectivity index (χ1n) is 27.1. The second kappa shape index (κ2) is 49.4. The van der Waals surface area contributed by atoms with Gasteiger partial charge in [0, 0.05) is 6.42 Å². The minimum absolute atomic E-state index is 0.0652. The highest BCUT2D eigenvalue weighted by Crippen LogP contribution is 2.18. The molecule has 360 valence electrons. The zero-order valence-corrected chi connectivity index (χ0v) is 41.1. The van der Waals surface area contributed by atoms with E-state index in [0.29, 0.717) is 19.3 Å². The maximum atomic E-state index is 13.2. The van der Waals surface area contributed by atoms with E-state index in [1.54, 1.807) is 0 Å². The summed E-state index contributed by atoms with van der Waals surface area (Å²) in [5.74, 6) is -0.495. The third-order valence-electron chi connectivity index (χ3n) is 12.5. The molecule has 6 heteroatoms. The fraction of sp³-hybridized carbons (Fsp3) is 0.891. The minimum atomic E-state index is -0.790. The van der Waals surface area contributed by atoms with Crippen LogP contribution in [-0.2, 0) is 14.3 Å². The number of rotatable bonds is 49. The van der Waals surface area contributed by atoms with Gasteiger partial charge in [0.05, 0.1) is 25.2 Å². The maximum absolute atomic E-state index is 13.2. The predicted molar refractivity (Wildman–Crippen MR) is 264 cm³/mol. The van der Waals surface area contributed by atoms with E-state index in [-0.39, 0.29) is 24.9 Å². The molecule has 0 rings (SSSR count). The zero-order chi connectivity index (χ0) is 44.5.